The molecule has 2 aliphatic heterocycles. The molecule has 1 atom stereocenters. The van der Waals surface area contributed by atoms with E-state index < -0.39 is 0 Å². The number of carbonyl (C=O) groups excluding carboxylic acids is 1. The Kier molecular flexibility index (Phi) is 1.91. The van der Waals surface area contributed by atoms with Gasteiger partial charge in [0.05, 0.1) is 6.04 Å². The zero-order valence-electron chi connectivity index (χ0n) is 8.57. The molecule has 2 amide bonds. The van der Waals surface area contributed by atoms with E-state index in [0.717, 1.165) is 25.9 Å². The highest BCUT2D eigenvalue weighted by Gasteiger charge is 2.32. The van der Waals surface area contributed by atoms with Crippen LogP contribution in [0.15, 0.2) is 24.3 Å². The molecule has 3 heteroatoms. The molecule has 1 aromatic rings. The van der Waals surface area contributed by atoms with Crippen LogP contribution >= 0.6 is 0 Å². The fraction of sp³-hybridized carbons (Fsp3) is 0.417. The van der Waals surface area contributed by atoms with Crippen molar-refractivity contribution in [2.75, 3.05) is 13.1 Å². The second-order valence-corrected chi connectivity index (χ2v) is 4.18. The van der Waals surface area contributed by atoms with Crippen LogP contribution in [-0.4, -0.2) is 24.0 Å². The highest BCUT2D eigenvalue weighted by atomic mass is 16.2. The van der Waals surface area contributed by atoms with E-state index in [1.165, 1.54) is 11.1 Å². The lowest BCUT2D eigenvalue weighted by atomic mass is 9.90. The predicted octanol–water partition coefficient (Wildman–Crippen LogP) is 1.70. The maximum absolute atomic E-state index is 11.7. The summed E-state index contributed by atoms with van der Waals surface area (Å²) in [5.41, 5.74) is 2.76. The monoisotopic (exact) mass is 202 g/mol. The van der Waals surface area contributed by atoms with E-state index in [0.29, 0.717) is 6.04 Å². The molecule has 1 saturated heterocycles. The fourth-order valence-electron chi connectivity index (χ4n) is 2.62. The van der Waals surface area contributed by atoms with Crippen LogP contribution in [0.2, 0.25) is 0 Å². The molecule has 0 spiro atoms. The molecule has 1 N–H and O–H groups in total. The lowest BCUT2D eigenvalue weighted by molar-refractivity contribution is 0.149. The van der Waals surface area contributed by atoms with E-state index in [2.05, 4.69) is 29.6 Å². The van der Waals surface area contributed by atoms with E-state index in [1.54, 1.807) is 0 Å². The van der Waals surface area contributed by atoms with Gasteiger partial charge in [0.1, 0.15) is 0 Å². The van der Waals surface area contributed by atoms with Crippen molar-refractivity contribution >= 4 is 6.03 Å². The maximum atomic E-state index is 11.7. The first-order chi connectivity index (χ1) is 7.36. The minimum atomic E-state index is 0.0979. The number of nitrogens with zero attached hydrogens (tertiary/aromatic N) is 1. The van der Waals surface area contributed by atoms with Crippen LogP contribution in [0.25, 0.3) is 0 Å². The van der Waals surface area contributed by atoms with Crippen molar-refractivity contribution < 1.29 is 4.79 Å². The summed E-state index contributed by atoms with van der Waals surface area (Å²) >= 11 is 0. The molecule has 1 fully saturated rings. The first kappa shape index (κ1) is 8.77. The van der Waals surface area contributed by atoms with E-state index in [4.69, 9.17) is 0 Å². The summed E-state index contributed by atoms with van der Waals surface area (Å²) in [5.74, 6) is 0. The Labute approximate surface area is 89.1 Å². The number of rotatable bonds is 0. The Balaban J connectivity index is 2.02. The highest BCUT2D eigenvalue weighted by molar-refractivity contribution is 5.76. The summed E-state index contributed by atoms with van der Waals surface area (Å²) < 4.78 is 0. The van der Waals surface area contributed by atoms with Crippen LogP contribution in [0.1, 0.15) is 23.6 Å². The number of fused-ring (bicyclic) bond motifs is 3. The first-order valence-electron chi connectivity index (χ1n) is 5.48. The van der Waals surface area contributed by atoms with Gasteiger partial charge < -0.3 is 10.2 Å². The Morgan fingerprint density at radius 2 is 2.20 bits per heavy atom. The molecule has 78 valence electrons. The smallest absolute Gasteiger partial charge is 0.317 e. The third kappa shape index (κ3) is 1.30. The van der Waals surface area contributed by atoms with Crippen molar-refractivity contribution in [1.29, 1.82) is 0 Å². The van der Waals surface area contributed by atoms with Gasteiger partial charge in [-0.25, -0.2) is 4.79 Å². The van der Waals surface area contributed by atoms with Crippen molar-refractivity contribution in [3.05, 3.63) is 35.4 Å². The molecule has 3 rings (SSSR count). The molecule has 2 aliphatic rings. The van der Waals surface area contributed by atoms with Gasteiger partial charge >= 0.3 is 6.03 Å². The largest absolute Gasteiger partial charge is 0.338 e. The Morgan fingerprint density at radius 1 is 1.33 bits per heavy atom. The Bertz CT molecular complexity index is 402. The summed E-state index contributed by atoms with van der Waals surface area (Å²) in [6.07, 6.45) is 2.02. The van der Waals surface area contributed by atoms with E-state index in [1.807, 2.05) is 4.90 Å². The molecule has 0 bridgehead atoms. The quantitative estimate of drug-likeness (QED) is 0.682. The normalized spacial score (nSPS) is 24.1. The molecule has 0 aliphatic carbocycles. The zero-order chi connectivity index (χ0) is 10.3. The van der Waals surface area contributed by atoms with Crippen LogP contribution in [-0.2, 0) is 6.42 Å². The molecule has 15 heavy (non-hydrogen) atoms. The SMILES string of the molecule is O=C1NCCC2c3ccccc3CCN12. The van der Waals surface area contributed by atoms with E-state index in [9.17, 15) is 4.79 Å². The summed E-state index contributed by atoms with van der Waals surface area (Å²) in [7, 11) is 0. The zero-order valence-corrected chi connectivity index (χ0v) is 8.57. The second kappa shape index (κ2) is 3.26. The predicted molar refractivity (Wildman–Crippen MR) is 57.6 cm³/mol. The van der Waals surface area contributed by atoms with Gasteiger partial charge in [-0.05, 0) is 24.0 Å². The Hall–Kier alpha value is -1.51. The number of benzene rings is 1. The number of hydrogen-bond acceptors (Lipinski definition) is 1. The minimum Gasteiger partial charge on any atom is -0.338 e. The van der Waals surface area contributed by atoms with Gasteiger partial charge in [0.25, 0.3) is 0 Å². The molecule has 0 saturated carbocycles. The van der Waals surface area contributed by atoms with Crippen LogP contribution in [0, 0.1) is 0 Å². The van der Waals surface area contributed by atoms with Gasteiger partial charge in [-0.15, -0.1) is 0 Å². The van der Waals surface area contributed by atoms with Gasteiger partial charge in [-0.2, -0.15) is 0 Å². The number of carbonyl (C=O) groups is 1. The van der Waals surface area contributed by atoms with Crippen molar-refractivity contribution in [3.8, 4) is 0 Å². The van der Waals surface area contributed by atoms with Gasteiger partial charge in [-0.3, -0.25) is 0 Å². The third-order valence-corrected chi connectivity index (χ3v) is 3.37. The first-order valence-corrected chi connectivity index (χ1v) is 5.48. The topological polar surface area (TPSA) is 32.3 Å². The van der Waals surface area contributed by atoms with Gasteiger partial charge in [0.2, 0.25) is 0 Å². The number of nitrogens with one attached hydrogen (secondary N) is 1. The average molecular weight is 202 g/mol. The number of amides is 2. The molecule has 0 aromatic heterocycles. The van der Waals surface area contributed by atoms with Crippen molar-refractivity contribution in [2.24, 2.45) is 0 Å². The number of hydrogen-bond donors (Lipinski definition) is 1. The summed E-state index contributed by atoms with van der Waals surface area (Å²) in [6, 6.07) is 8.89. The van der Waals surface area contributed by atoms with Gasteiger partial charge in [0.15, 0.2) is 0 Å². The fourth-order valence-corrected chi connectivity index (χ4v) is 2.62. The lowest BCUT2D eigenvalue weighted by Crippen LogP contribution is -2.50. The summed E-state index contributed by atoms with van der Waals surface area (Å²) in [4.78, 5) is 13.6. The second-order valence-electron chi connectivity index (χ2n) is 4.18. The van der Waals surface area contributed by atoms with Crippen molar-refractivity contribution in [3.63, 3.8) is 0 Å². The maximum Gasteiger partial charge on any atom is 0.317 e. The van der Waals surface area contributed by atoms with E-state index in [-0.39, 0.29) is 6.03 Å². The van der Waals surface area contributed by atoms with Gasteiger partial charge in [-0.1, -0.05) is 24.3 Å². The van der Waals surface area contributed by atoms with Crippen LogP contribution < -0.4 is 5.32 Å². The third-order valence-electron chi connectivity index (χ3n) is 3.37. The standard InChI is InChI=1S/C12H14N2O/c15-12-13-7-5-11-10-4-2-1-3-9(10)6-8-14(11)12/h1-4,11H,5-8H2,(H,13,15). The molecular weight excluding hydrogens is 188 g/mol. The minimum absolute atomic E-state index is 0.0979. The average Bonchev–Trinajstić information content (AvgIpc) is 2.29. The molecule has 3 nitrogen and oxygen atoms in total. The molecule has 1 unspecified atom stereocenters. The highest BCUT2D eigenvalue weighted by Crippen LogP contribution is 2.33. The Morgan fingerprint density at radius 3 is 3.13 bits per heavy atom. The molecule has 2 heterocycles. The number of urea groups is 1. The summed E-state index contributed by atoms with van der Waals surface area (Å²) in [6.45, 7) is 1.65. The molecular formula is C12H14N2O. The molecule has 1 aromatic carbocycles. The van der Waals surface area contributed by atoms with Crippen molar-refractivity contribution in [2.45, 2.75) is 18.9 Å². The lowest BCUT2D eigenvalue weighted by Gasteiger charge is -2.40. The van der Waals surface area contributed by atoms with Gasteiger partial charge in [0, 0.05) is 13.1 Å². The van der Waals surface area contributed by atoms with Crippen LogP contribution in [0.5, 0.6) is 0 Å². The van der Waals surface area contributed by atoms with Crippen LogP contribution in [0.4, 0.5) is 4.79 Å². The summed E-state index contributed by atoms with van der Waals surface area (Å²) in [5, 5.41) is 2.90. The van der Waals surface area contributed by atoms with Crippen molar-refractivity contribution in [1.82, 2.24) is 10.2 Å². The van der Waals surface area contributed by atoms with E-state index >= 15 is 0 Å². The molecule has 0 radical (unpaired) electrons. The van der Waals surface area contributed by atoms with Crippen LogP contribution in [0.3, 0.4) is 0 Å².